The first kappa shape index (κ1) is 13.0. The molecule has 2 atom stereocenters. The average Bonchev–Trinajstić information content (AvgIpc) is 2.47. The van der Waals surface area contributed by atoms with Crippen LogP contribution in [0.25, 0.3) is 11.0 Å². The van der Waals surface area contributed by atoms with Gasteiger partial charge in [-0.05, 0) is 31.5 Å². The standard InChI is InChI=1S/C13H14ClN3OS/c14-12-13(19(18)9-4-3-7-15-8-9)17-11-6-2-1-5-10(11)16-12/h1-2,5-6,9,15H,3-4,7-8H2/t9-,19+/m0/s1. The van der Waals surface area contributed by atoms with E-state index in [4.69, 9.17) is 11.6 Å². The summed E-state index contributed by atoms with van der Waals surface area (Å²) in [7, 11) is -1.21. The lowest BCUT2D eigenvalue weighted by Crippen LogP contribution is -2.36. The summed E-state index contributed by atoms with van der Waals surface area (Å²) in [6.07, 6.45) is 1.97. The zero-order valence-corrected chi connectivity index (χ0v) is 11.9. The highest BCUT2D eigenvalue weighted by molar-refractivity contribution is 7.85. The van der Waals surface area contributed by atoms with Crippen molar-refractivity contribution in [2.24, 2.45) is 0 Å². The molecular formula is C13H14ClN3OS. The van der Waals surface area contributed by atoms with E-state index in [2.05, 4.69) is 15.3 Å². The number of piperidine rings is 1. The smallest absolute Gasteiger partial charge is 0.165 e. The van der Waals surface area contributed by atoms with E-state index < -0.39 is 10.8 Å². The molecule has 3 rings (SSSR count). The van der Waals surface area contributed by atoms with Gasteiger partial charge in [0.15, 0.2) is 10.2 Å². The van der Waals surface area contributed by atoms with Crippen molar-refractivity contribution in [3.05, 3.63) is 29.4 Å². The molecule has 1 aromatic heterocycles. The Morgan fingerprint density at radius 3 is 2.68 bits per heavy atom. The van der Waals surface area contributed by atoms with Crippen molar-refractivity contribution in [2.45, 2.75) is 23.1 Å². The predicted octanol–water partition coefficient (Wildman–Crippen LogP) is 2.14. The van der Waals surface area contributed by atoms with Crippen LogP contribution >= 0.6 is 11.6 Å². The van der Waals surface area contributed by atoms with Crippen molar-refractivity contribution in [3.8, 4) is 0 Å². The molecule has 1 saturated heterocycles. The predicted molar refractivity (Wildman–Crippen MR) is 76.8 cm³/mol. The Morgan fingerprint density at radius 1 is 1.26 bits per heavy atom. The molecule has 1 fully saturated rings. The van der Waals surface area contributed by atoms with Gasteiger partial charge in [-0.3, -0.25) is 4.21 Å². The molecule has 2 heterocycles. The summed E-state index contributed by atoms with van der Waals surface area (Å²) in [6, 6.07) is 7.48. The number of fused-ring (bicyclic) bond motifs is 1. The average molecular weight is 296 g/mol. The molecule has 0 bridgehead atoms. The molecule has 1 aromatic carbocycles. The van der Waals surface area contributed by atoms with E-state index in [0.717, 1.165) is 37.0 Å². The minimum absolute atomic E-state index is 0.0710. The minimum Gasteiger partial charge on any atom is -0.316 e. The summed E-state index contributed by atoms with van der Waals surface area (Å²) in [5.74, 6) is 0. The molecule has 0 radical (unpaired) electrons. The topological polar surface area (TPSA) is 54.9 Å². The Kier molecular flexibility index (Phi) is 3.77. The van der Waals surface area contributed by atoms with Crippen LogP contribution < -0.4 is 5.32 Å². The zero-order chi connectivity index (χ0) is 13.2. The third-order valence-electron chi connectivity index (χ3n) is 3.24. The number of aromatic nitrogens is 2. The number of hydrogen-bond donors (Lipinski definition) is 1. The molecule has 6 heteroatoms. The highest BCUT2D eigenvalue weighted by atomic mass is 35.5. The van der Waals surface area contributed by atoms with Crippen LogP contribution in [0.2, 0.25) is 5.15 Å². The van der Waals surface area contributed by atoms with Gasteiger partial charge in [-0.1, -0.05) is 23.7 Å². The van der Waals surface area contributed by atoms with Crippen LogP contribution in [0.5, 0.6) is 0 Å². The number of para-hydroxylation sites is 2. The second-order valence-corrected chi connectivity index (χ2v) is 6.58. The SMILES string of the molecule is O=[S@@](c1nc2ccccc2nc1Cl)[C@H]1CCCNC1. The minimum atomic E-state index is -1.21. The first-order valence-electron chi connectivity index (χ1n) is 6.29. The van der Waals surface area contributed by atoms with Crippen molar-refractivity contribution in [1.82, 2.24) is 15.3 Å². The fourth-order valence-electron chi connectivity index (χ4n) is 2.25. The van der Waals surface area contributed by atoms with Crippen LogP contribution in [0.4, 0.5) is 0 Å². The quantitative estimate of drug-likeness (QED) is 0.922. The zero-order valence-electron chi connectivity index (χ0n) is 10.3. The lowest BCUT2D eigenvalue weighted by Gasteiger charge is -2.21. The lowest BCUT2D eigenvalue weighted by molar-refractivity contribution is 0.519. The van der Waals surface area contributed by atoms with E-state index in [9.17, 15) is 4.21 Å². The van der Waals surface area contributed by atoms with Gasteiger partial charge in [-0.2, -0.15) is 0 Å². The van der Waals surface area contributed by atoms with Crippen LogP contribution in [0.3, 0.4) is 0 Å². The van der Waals surface area contributed by atoms with E-state index in [0.29, 0.717) is 5.03 Å². The molecule has 0 spiro atoms. The molecule has 19 heavy (non-hydrogen) atoms. The molecule has 100 valence electrons. The Bertz CT molecular complexity index is 628. The highest BCUT2D eigenvalue weighted by Gasteiger charge is 2.24. The number of halogens is 1. The molecule has 0 aliphatic carbocycles. The number of rotatable bonds is 2. The normalized spacial score (nSPS) is 21.4. The van der Waals surface area contributed by atoms with Crippen LogP contribution in [0.15, 0.2) is 29.3 Å². The van der Waals surface area contributed by atoms with Gasteiger partial charge < -0.3 is 5.32 Å². The molecule has 1 aliphatic heterocycles. The van der Waals surface area contributed by atoms with Gasteiger partial charge in [0.05, 0.1) is 27.1 Å². The summed E-state index contributed by atoms with van der Waals surface area (Å²) < 4.78 is 12.5. The van der Waals surface area contributed by atoms with E-state index in [1.807, 2.05) is 24.3 Å². The summed E-state index contributed by atoms with van der Waals surface area (Å²) in [4.78, 5) is 8.71. The molecule has 1 N–H and O–H groups in total. The molecule has 0 amide bonds. The van der Waals surface area contributed by atoms with E-state index in [-0.39, 0.29) is 10.4 Å². The monoisotopic (exact) mass is 295 g/mol. The van der Waals surface area contributed by atoms with Gasteiger partial charge in [-0.25, -0.2) is 9.97 Å². The number of nitrogens with zero attached hydrogens (tertiary/aromatic N) is 2. The Morgan fingerprint density at radius 2 is 2.00 bits per heavy atom. The summed E-state index contributed by atoms with van der Waals surface area (Å²) in [5, 5.41) is 3.99. The Labute approximate surface area is 119 Å². The maximum atomic E-state index is 12.5. The highest BCUT2D eigenvalue weighted by Crippen LogP contribution is 2.23. The van der Waals surface area contributed by atoms with Crippen molar-refractivity contribution < 1.29 is 4.21 Å². The molecule has 0 saturated carbocycles. The van der Waals surface area contributed by atoms with E-state index >= 15 is 0 Å². The lowest BCUT2D eigenvalue weighted by atomic mass is 10.2. The number of nitrogens with one attached hydrogen (secondary N) is 1. The van der Waals surface area contributed by atoms with Gasteiger partial charge in [0.2, 0.25) is 0 Å². The van der Waals surface area contributed by atoms with Crippen LogP contribution in [-0.2, 0) is 10.8 Å². The maximum Gasteiger partial charge on any atom is 0.165 e. The third kappa shape index (κ3) is 2.63. The molecule has 1 aliphatic rings. The first-order valence-corrected chi connectivity index (χ1v) is 7.88. The van der Waals surface area contributed by atoms with Gasteiger partial charge in [0, 0.05) is 6.54 Å². The largest absolute Gasteiger partial charge is 0.316 e. The summed E-state index contributed by atoms with van der Waals surface area (Å²) >= 11 is 6.13. The first-order chi connectivity index (χ1) is 9.25. The maximum absolute atomic E-state index is 12.5. The molecule has 4 nitrogen and oxygen atoms in total. The second-order valence-electron chi connectivity index (χ2n) is 4.57. The van der Waals surface area contributed by atoms with Gasteiger partial charge in [0.1, 0.15) is 0 Å². The van der Waals surface area contributed by atoms with Crippen LogP contribution in [-0.4, -0.2) is 32.5 Å². The van der Waals surface area contributed by atoms with Crippen LogP contribution in [0, 0.1) is 0 Å². The van der Waals surface area contributed by atoms with Gasteiger partial charge in [0.25, 0.3) is 0 Å². The van der Waals surface area contributed by atoms with Crippen molar-refractivity contribution in [3.63, 3.8) is 0 Å². The van der Waals surface area contributed by atoms with Crippen molar-refractivity contribution in [1.29, 1.82) is 0 Å². The van der Waals surface area contributed by atoms with E-state index in [1.54, 1.807) is 0 Å². The van der Waals surface area contributed by atoms with Crippen LogP contribution in [0.1, 0.15) is 12.8 Å². The fraction of sp³-hybridized carbons (Fsp3) is 0.385. The second kappa shape index (κ2) is 5.53. The summed E-state index contributed by atoms with van der Waals surface area (Å²) in [5.41, 5.74) is 1.47. The van der Waals surface area contributed by atoms with Crippen molar-refractivity contribution in [2.75, 3.05) is 13.1 Å². The summed E-state index contributed by atoms with van der Waals surface area (Å²) in [6.45, 7) is 1.74. The Balaban J connectivity index is 1.99. The number of benzene rings is 1. The van der Waals surface area contributed by atoms with Crippen molar-refractivity contribution >= 4 is 33.4 Å². The third-order valence-corrected chi connectivity index (χ3v) is 5.29. The van der Waals surface area contributed by atoms with Gasteiger partial charge in [-0.15, -0.1) is 0 Å². The Hall–Kier alpha value is -1.04. The number of hydrogen-bond acceptors (Lipinski definition) is 4. The molecular weight excluding hydrogens is 282 g/mol. The van der Waals surface area contributed by atoms with E-state index in [1.165, 1.54) is 0 Å². The molecule has 0 unspecified atom stereocenters. The van der Waals surface area contributed by atoms with Gasteiger partial charge >= 0.3 is 0 Å². The molecule has 2 aromatic rings. The fourth-order valence-corrected chi connectivity index (χ4v) is 3.98.